The molecule has 0 radical (unpaired) electrons. The van der Waals surface area contributed by atoms with Gasteiger partial charge in [0.05, 0.1) is 6.54 Å². The van der Waals surface area contributed by atoms with Gasteiger partial charge in [-0.15, -0.1) is 24.0 Å². The Labute approximate surface area is 145 Å². The third-order valence-electron chi connectivity index (χ3n) is 3.93. The average Bonchev–Trinajstić information content (AvgIpc) is 3.07. The first kappa shape index (κ1) is 18.3. The number of nitrogens with zero attached hydrogens (tertiary/aromatic N) is 4. The number of nitrogens with one attached hydrogen (secondary N) is 1. The van der Waals surface area contributed by atoms with E-state index in [-0.39, 0.29) is 24.0 Å². The van der Waals surface area contributed by atoms with Crippen LogP contribution in [0.1, 0.15) is 18.5 Å². The normalized spacial score (nSPS) is 15.9. The molecule has 0 aromatic carbocycles. The lowest BCUT2D eigenvalue weighted by atomic mass is 10.4. The second kappa shape index (κ2) is 9.30. The van der Waals surface area contributed by atoms with Crippen molar-refractivity contribution in [1.29, 1.82) is 0 Å². The van der Waals surface area contributed by atoms with Gasteiger partial charge in [-0.3, -0.25) is 4.99 Å². The highest BCUT2D eigenvalue weighted by molar-refractivity contribution is 14.0. The van der Waals surface area contributed by atoms with E-state index in [9.17, 15) is 0 Å². The molecule has 6 heteroatoms. The number of hydrogen-bond acceptors (Lipinski definition) is 2. The molecule has 1 aromatic rings. The molecule has 1 aliphatic heterocycles. The van der Waals surface area contributed by atoms with E-state index >= 15 is 0 Å². The zero-order valence-electron chi connectivity index (χ0n) is 13.4. The highest BCUT2D eigenvalue weighted by Gasteiger charge is 2.12. The van der Waals surface area contributed by atoms with Crippen LogP contribution in [-0.4, -0.2) is 60.6 Å². The number of halogens is 1. The van der Waals surface area contributed by atoms with Crippen LogP contribution in [0.25, 0.3) is 0 Å². The Kier molecular flexibility index (Phi) is 8.10. The molecule has 1 aliphatic rings. The van der Waals surface area contributed by atoms with Crippen LogP contribution in [0, 0.1) is 0 Å². The molecule has 2 heterocycles. The summed E-state index contributed by atoms with van der Waals surface area (Å²) in [7, 11) is 6.00. The maximum absolute atomic E-state index is 4.37. The maximum atomic E-state index is 4.37. The fourth-order valence-electron chi connectivity index (χ4n) is 2.70. The summed E-state index contributed by atoms with van der Waals surface area (Å²) in [5, 5.41) is 3.45. The fraction of sp³-hybridized carbons (Fsp3) is 0.667. The summed E-state index contributed by atoms with van der Waals surface area (Å²) in [6.45, 7) is 5.44. The predicted molar refractivity (Wildman–Crippen MR) is 99.3 cm³/mol. The molecule has 120 valence electrons. The first-order valence-electron chi connectivity index (χ1n) is 7.45. The van der Waals surface area contributed by atoms with Gasteiger partial charge in [-0.1, -0.05) is 0 Å². The Hall–Kier alpha value is -0.760. The molecule has 0 unspecified atom stereocenters. The Morgan fingerprint density at radius 1 is 1.38 bits per heavy atom. The second-order valence-electron chi connectivity index (χ2n) is 5.49. The molecule has 0 spiro atoms. The largest absolute Gasteiger partial charge is 0.355 e. The van der Waals surface area contributed by atoms with Gasteiger partial charge >= 0.3 is 0 Å². The number of aryl methyl sites for hydroxylation is 1. The number of rotatable bonds is 5. The standard InChI is InChI=1S/C15H27N5.HI/c1-16-15(17-8-12-20-10-4-5-11-20)19(3)13-14-7-6-9-18(14)2;/h6-7,9H,4-5,8,10-13H2,1-3H3,(H,16,17);1H. The van der Waals surface area contributed by atoms with E-state index in [1.165, 1.54) is 31.6 Å². The molecule has 1 aromatic heterocycles. The monoisotopic (exact) mass is 405 g/mol. The Balaban J connectivity index is 0.00000220. The molecule has 1 saturated heterocycles. The summed E-state index contributed by atoms with van der Waals surface area (Å²) in [5.74, 6) is 0.963. The summed E-state index contributed by atoms with van der Waals surface area (Å²) >= 11 is 0. The molecule has 21 heavy (non-hydrogen) atoms. The van der Waals surface area contributed by atoms with Crippen molar-refractivity contribution in [1.82, 2.24) is 19.7 Å². The molecule has 0 bridgehead atoms. The minimum Gasteiger partial charge on any atom is -0.355 e. The van der Waals surface area contributed by atoms with Crippen LogP contribution in [0.3, 0.4) is 0 Å². The van der Waals surface area contributed by atoms with Gasteiger partial charge in [-0.2, -0.15) is 0 Å². The van der Waals surface area contributed by atoms with Gasteiger partial charge in [0.2, 0.25) is 0 Å². The van der Waals surface area contributed by atoms with E-state index in [0.29, 0.717) is 0 Å². The van der Waals surface area contributed by atoms with Crippen molar-refractivity contribution in [2.75, 3.05) is 40.3 Å². The highest BCUT2D eigenvalue weighted by atomic mass is 127. The van der Waals surface area contributed by atoms with Crippen LogP contribution in [0.15, 0.2) is 23.3 Å². The van der Waals surface area contributed by atoms with Gasteiger partial charge in [0, 0.05) is 46.1 Å². The number of likely N-dealkylation sites (tertiary alicyclic amines) is 1. The number of aliphatic imine (C=N–C) groups is 1. The van der Waals surface area contributed by atoms with E-state index in [0.717, 1.165) is 25.6 Å². The number of aromatic nitrogens is 1. The van der Waals surface area contributed by atoms with Crippen molar-refractivity contribution in [3.05, 3.63) is 24.0 Å². The quantitative estimate of drug-likeness (QED) is 0.461. The molecule has 0 amide bonds. The van der Waals surface area contributed by atoms with Crippen LogP contribution >= 0.6 is 24.0 Å². The molecule has 2 rings (SSSR count). The van der Waals surface area contributed by atoms with Crippen molar-refractivity contribution < 1.29 is 0 Å². The minimum atomic E-state index is 0. The summed E-state index contributed by atoms with van der Waals surface area (Å²) in [6, 6.07) is 4.22. The molecule has 5 nitrogen and oxygen atoms in total. The van der Waals surface area contributed by atoms with Gasteiger partial charge in [-0.25, -0.2) is 0 Å². The van der Waals surface area contributed by atoms with E-state index < -0.39 is 0 Å². The van der Waals surface area contributed by atoms with Gasteiger partial charge in [0.1, 0.15) is 0 Å². The van der Waals surface area contributed by atoms with Crippen LogP contribution in [-0.2, 0) is 13.6 Å². The molecule has 0 aliphatic carbocycles. The highest BCUT2D eigenvalue weighted by Crippen LogP contribution is 2.06. The van der Waals surface area contributed by atoms with Crippen LogP contribution in [0.5, 0.6) is 0 Å². The third-order valence-corrected chi connectivity index (χ3v) is 3.93. The SMILES string of the molecule is CN=C(NCCN1CCCC1)N(C)Cc1cccn1C.I. The van der Waals surface area contributed by atoms with E-state index in [4.69, 9.17) is 0 Å². The lowest BCUT2D eigenvalue weighted by Crippen LogP contribution is -2.42. The van der Waals surface area contributed by atoms with Crippen molar-refractivity contribution >= 4 is 29.9 Å². The van der Waals surface area contributed by atoms with Gasteiger partial charge in [0.25, 0.3) is 0 Å². The van der Waals surface area contributed by atoms with Crippen molar-refractivity contribution in [3.63, 3.8) is 0 Å². The number of hydrogen-bond donors (Lipinski definition) is 1. The van der Waals surface area contributed by atoms with Gasteiger partial charge in [0.15, 0.2) is 5.96 Å². The fourth-order valence-corrected chi connectivity index (χ4v) is 2.70. The second-order valence-corrected chi connectivity index (χ2v) is 5.49. The van der Waals surface area contributed by atoms with Crippen LogP contribution in [0.4, 0.5) is 0 Å². The predicted octanol–water partition coefficient (Wildman–Crippen LogP) is 1.75. The van der Waals surface area contributed by atoms with Crippen molar-refractivity contribution in [2.24, 2.45) is 12.0 Å². The van der Waals surface area contributed by atoms with E-state index in [1.54, 1.807) is 0 Å². The van der Waals surface area contributed by atoms with Crippen LogP contribution < -0.4 is 5.32 Å². The Bertz CT molecular complexity index is 437. The summed E-state index contributed by atoms with van der Waals surface area (Å²) in [4.78, 5) is 9.04. The third kappa shape index (κ3) is 5.50. The molecule has 1 N–H and O–H groups in total. The Morgan fingerprint density at radius 3 is 2.67 bits per heavy atom. The molecular weight excluding hydrogens is 377 g/mol. The molecule has 1 fully saturated rings. The average molecular weight is 405 g/mol. The first-order valence-corrected chi connectivity index (χ1v) is 7.45. The Morgan fingerprint density at radius 2 is 2.10 bits per heavy atom. The lowest BCUT2D eigenvalue weighted by molar-refractivity contribution is 0.340. The number of guanidine groups is 1. The summed E-state index contributed by atoms with van der Waals surface area (Å²) < 4.78 is 2.15. The van der Waals surface area contributed by atoms with Crippen molar-refractivity contribution in [2.45, 2.75) is 19.4 Å². The topological polar surface area (TPSA) is 35.8 Å². The molecular formula is C15H28IN5. The first-order chi connectivity index (χ1) is 9.70. The van der Waals surface area contributed by atoms with Gasteiger partial charge < -0.3 is 19.7 Å². The van der Waals surface area contributed by atoms with E-state index in [2.05, 4.69) is 57.1 Å². The lowest BCUT2D eigenvalue weighted by Gasteiger charge is -2.23. The summed E-state index contributed by atoms with van der Waals surface area (Å²) in [6.07, 6.45) is 4.77. The smallest absolute Gasteiger partial charge is 0.193 e. The molecule has 0 saturated carbocycles. The molecule has 0 atom stereocenters. The summed E-state index contributed by atoms with van der Waals surface area (Å²) in [5.41, 5.74) is 1.29. The zero-order valence-corrected chi connectivity index (χ0v) is 15.7. The zero-order chi connectivity index (χ0) is 14.4. The maximum Gasteiger partial charge on any atom is 0.193 e. The van der Waals surface area contributed by atoms with Crippen molar-refractivity contribution in [3.8, 4) is 0 Å². The minimum absolute atomic E-state index is 0. The van der Waals surface area contributed by atoms with Gasteiger partial charge in [-0.05, 0) is 38.1 Å². The van der Waals surface area contributed by atoms with Crippen LogP contribution in [0.2, 0.25) is 0 Å². The van der Waals surface area contributed by atoms with E-state index in [1.807, 2.05) is 7.05 Å².